The molecular formula is C25H18F4N2O2. The molecule has 1 N–H and O–H groups in total. The number of rotatable bonds is 6. The number of aromatic nitrogens is 1. The Bertz CT molecular complexity index is 1280. The largest absolute Gasteiger partial charge is 0.573 e. The van der Waals surface area contributed by atoms with Gasteiger partial charge in [0.2, 0.25) is 0 Å². The maximum absolute atomic E-state index is 13.5. The molecular weight excluding hydrogens is 436 g/mol. The van der Waals surface area contributed by atoms with Gasteiger partial charge in [-0.1, -0.05) is 42.5 Å². The molecule has 3 aromatic carbocycles. The average molecular weight is 454 g/mol. The van der Waals surface area contributed by atoms with Crippen molar-refractivity contribution in [2.75, 3.05) is 5.32 Å². The first kappa shape index (κ1) is 22.1. The molecule has 0 aliphatic heterocycles. The highest BCUT2D eigenvalue weighted by molar-refractivity contribution is 5.77. The lowest BCUT2D eigenvalue weighted by molar-refractivity contribution is -0.274. The normalized spacial score (nSPS) is 11.3. The fourth-order valence-electron chi connectivity index (χ4n) is 3.34. The summed E-state index contributed by atoms with van der Waals surface area (Å²) in [6.07, 6.45) is -3.23. The average Bonchev–Trinajstić information content (AvgIpc) is 2.79. The van der Waals surface area contributed by atoms with Crippen molar-refractivity contribution in [2.24, 2.45) is 0 Å². The molecule has 8 heteroatoms. The van der Waals surface area contributed by atoms with Crippen molar-refractivity contribution < 1.29 is 22.3 Å². The Morgan fingerprint density at radius 1 is 0.879 bits per heavy atom. The third-order valence-corrected chi connectivity index (χ3v) is 4.88. The van der Waals surface area contributed by atoms with Gasteiger partial charge in [-0.2, -0.15) is 0 Å². The van der Waals surface area contributed by atoms with Crippen LogP contribution in [-0.2, 0) is 6.54 Å². The second-order valence-electron chi connectivity index (χ2n) is 7.20. The van der Waals surface area contributed by atoms with Gasteiger partial charge in [-0.25, -0.2) is 4.39 Å². The summed E-state index contributed by atoms with van der Waals surface area (Å²) in [5, 5.41) is 3.24. The molecule has 4 nitrogen and oxygen atoms in total. The first-order chi connectivity index (χ1) is 15.8. The molecule has 0 unspecified atom stereocenters. The summed E-state index contributed by atoms with van der Waals surface area (Å²) < 4.78 is 55.9. The SMILES string of the molecule is O=c1cc(NCc2ccccc2)c(-c2ccc(F)cc2)cn1-c1ccc(OC(F)(F)F)cc1. The van der Waals surface area contributed by atoms with Crippen LogP contribution in [0.25, 0.3) is 16.8 Å². The van der Waals surface area contributed by atoms with Crippen molar-refractivity contribution in [3.63, 3.8) is 0 Å². The van der Waals surface area contributed by atoms with E-state index in [0.717, 1.165) is 17.7 Å². The molecule has 0 aliphatic rings. The van der Waals surface area contributed by atoms with Crippen LogP contribution in [0.4, 0.5) is 23.2 Å². The van der Waals surface area contributed by atoms with Crippen LogP contribution < -0.4 is 15.6 Å². The van der Waals surface area contributed by atoms with Gasteiger partial charge in [-0.3, -0.25) is 9.36 Å². The predicted molar refractivity (Wildman–Crippen MR) is 118 cm³/mol. The Hall–Kier alpha value is -4.07. The number of hydrogen-bond acceptors (Lipinski definition) is 3. The zero-order valence-corrected chi connectivity index (χ0v) is 17.1. The van der Waals surface area contributed by atoms with E-state index in [0.29, 0.717) is 29.0 Å². The summed E-state index contributed by atoms with van der Waals surface area (Å²) in [5.74, 6) is -0.787. The molecule has 0 amide bonds. The highest BCUT2D eigenvalue weighted by Crippen LogP contribution is 2.29. The third-order valence-electron chi connectivity index (χ3n) is 4.88. The first-order valence-electron chi connectivity index (χ1n) is 9.95. The van der Waals surface area contributed by atoms with Gasteiger partial charge in [0.1, 0.15) is 11.6 Å². The topological polar surface area (TPSA) is 43.3 Å². The molecule has 0 saturated heterocycles. The number of hydrogen-bond donors (Lipinski definition) is 1. The van der Waals surface area contributed by atoms with E-state index in [1.165, 1.54) is 34.9 Å². The standard InChI is InChI=1S/C25H18F4N2O2/c26-19-8-6-18(7-9-19)22-16-31(20-10-12-21(13-11-20)33-25(27,28)29)24(32)14-23(22)30-15-17-4-2-1-3-5-17/h1-14,16,30H,15H2. The van der Waals surface area contributed by atoms with Crippen LogP contribution in [0.5, 0.6) is 5.75 Å². The predicted octanol–water partition coefficient (Wildman–Crippen LogP) is 6.15. The van der Waals surface area contributed by atoms with Gasteiger partial charge < -0.3 is 10.1 Å². The molecule has 1 aromatic heterocycles. The van der Waals surface area contributed by atoms with Gasteiger partial charge in [0.15, 0.2) is 0 Å². The lowest BCUT2D eigenvalue weighted by Crippen LogP contribution is -2.19. The highest BCUT2D eigenvalue weighted by Gasteiger charge is 2.31. The van der Waals surface area contributed by atoms with Crippen LogP contribution in [0.15, 0.2) is 95.9 Å². The zero-order valence-electron chi connectivity index (χ0n) is 17.1. The quantitative estimate of drug-likeness (QED) is 0.355. The van der Waals surface area contributed by atoms with E-state index in [9.17, 15) is 22.4 Å². The smallest absolute Gasteiger partial charge is 0.406 e. The summed E-state index contributed by atoms with van der Waals surface area (Å²) >= 11 is 0. The Kier molecular flexibility index (Phi) is 6.17. The van der Waals surface area contributed by atoms with Gasteiger partial charge in [0.05, 0.1) is 0 Å². The number of pyridine rings is 1. The molecule has 0 atom stereocenters. The molecule has 0 saturated carbocycles. The first-order valence-corrected chi connectivity index (χ1v) is 9.95. The molecule has 4 aromatic rings. The Morgan fingerprint density at radius 2 is 1.55 bits per heavy atom. The molecule has 0 fully saturated rings. The van der Waals surface area contributed by atoms with Gasteiger partial charge in [0.25, 0.3) is 5.56 Å². The maximum Gasteiger partial charge on any atom is 0.573 e. The highest BCUT2D eigenvalue weighted by atomic mass is 19.4. The van der Waals surface area contributed by atoms with Gasteiger partial charge >= 0.3 is 6.36 Å². The summed E-state index contributed by atoms with van der Waals surface area (Å²) in [5.41, 5.74) is 2.81. The molecule has 0 spiro atoms. The summed E-state index contributed by atoms with van der Waals surface area (Å²) in [6.45, 7) is 0.460. The number of anilines is 1. The molecule has 4 rings (SSSR count). The van der Waals surface area contributed by atoms with E-state index >= 15 is 0 Å². The molecule has 1 heterocycles. The van der Waals surface area contributed by atoms with E-state index in [2.05, 4.69) is 10.1 Å². The number of benzene rings is 3. The van der Waals surface area contributed by atoms with Crippen molar-refractivity contribution in [1.82, 2.24) is 4.57 Å². The van der Waals surface area contributed by atoms with E-state index in [-0.39, 0.29) is 11.3 Å². The van der Waals surface area contributed by atoms with Crippen molar-refractivity contribution in [3.8, 4) is 22.6 Å². The van der Waals surface area contributed by atoms with E-state index in [1.54, 1.807) is 18.3 Å². The monoisotopic (exact) mass is 454 g/mol. The van der Waals surface area contributed by atoms with Crippen LogP contribution in [0.1, 0.15) is 5.56 Å². The molecule has 0 bridgehead atoms. The second kappa shape index (κ2) is 9.20. The number of halogens is 4. The van der Waals surface area contributed by atoms with Gasteiger partial charge in [-0.05, 0) is 47.5 Å². The van der Waals surface area contributed by atoms with E-state index in [1.807, 2.05) is 30.3 Å². The second-order valence-corrected chi connectivity index (χ2v) is 7.20. The maximum atomic E-state index is 13.5. The number of alkyl halides is 3. The lowest BCUT2D eigenvalue weighted by Gasteiger charge is -2.16. The van der Waals surface area contributed by atoms with Gasteiger partial charge in [0, 0.05) is 35.7 Å². The summed E-state index contributed by atoms with van der Waals surface area (Å²) in [7, 11) is 0. The van der Waals surface area contributed by atoms with Crippen molar-refractivity contribution in [1.29, 1.82) is 0 Å². The Labute approximate surface area is 186 Å². The van der Waals surface area contributed by atoms with Crippen LogP contribution in [0, 0.1) is 5.82 Å². The van der Waals surface area contributed by atoms with Crippen molar-refractivity contribution in [3.05, 3.63) is 113 Å². The fraction of sp³-hybridized carbons (Fsp3) is 0.0800. The minimum atomic E-state index is -4.81. The lowest BCUT2D eigenvalue weighted by atomic mass is 10.0. The third kappa shape index (κ3) is 5.60. The van der Waals surface area contributed by atoms with E-state index < -0.39 is 12.2 Å². The Morgan fingerprint density at radius 3 is 2.18 bits per heavy atom. The number of ether oxygens (including phenoxy) is 1. The molecule has 0 radical (unpaired) electrons. The number of nitrogens with one attached hydrogen (secondary N) is 1. The van der Waals surface area contributed by atoms with E-state index in [4.69, 9.17) is 0 Å². The van der Waals surface area contributed by atoms with Gasteiger partial charge in [-0.15, -0.1) is 13.2 Å². The van der Waals surface area contributed by atoms with Crippen LogP contribution in [0.2, 0.25) is 0 Å². The zero-order chi connectivity index (χ0) is 23.4. The molecule has 0 aliphatic carbocycles. The van der Waals surface area contributed by atoms with Crippen molar-refractivity contribution in [2.45, 2.75) is 12.9 Å². The minimum absolute atomic E-state index is 0.354. The minimum Gasteiger partial charge on any atom is -0.406 e. The molecule has 33 heavy (non-hydrogen) atoms. The van der Waals surface area contributed by atoms with Crippen LogP contribution in [0.3, 0.4) is 0 Å². The fourth-order valence-corrected chi connectivity index (χ4v) is 3.34. The van der Waals surface area contributed by atoms with Crippen LogP contribution in [-0.4, -0.2) is 10.9 Å². The van der Waals surface area contributed by atoms with Crippen LogP contribution >= 0.6 is 0 Å². The summed E-state index contributed by atoms with van der Waals surface area (Å²) in [6, 6.07) is 21.8. The van der Waals surface area contributed by atoms with Crippen molar-refractivity contribution >= 4 is 5.69 Å². The molecule has 168 valence electrons. The number of nitrogens with zero attached hydrogens (tertiary/aromatic N) is 1. The Balaban J connectivity index is 1.72. The summed E-state index contributed by atoms with van der Waals surface area (Å²) in [4.78, 5) is 12.9.